The van der Waals surface area contributed by atoms with E-state index in [-0.39, 0.29) is 17.8 Å². The highest BCUT2D eigenvalue weighted by Gasteiger charge is 2.35. The summed E-state index contributed by atoms with van der Waals surface area (Å²) in [5, 5.41) is 3.27. The Bertz CT molecular complexity index is 501. The molecule has 0 radical (unpaired) electrons. The third kappa shape index (κ3) is 2.85. The normalized spacial score (nSPS) is 26.0. The number of rotatable bonds is 4. The summed E-state index contributed by atoms with van der Waals surface area (Å²) < 4.78 is 13.4. The van der Waals surface area contributed by atoms with Crippen molar-refractivity contribution in [3.63, 3.8) is 0 Å². The van der Waals surface area contributed by atoms with Crippen molar-refractivity contribution in [2.45, 2.75) is 38.3 Å². The molecular weight excluding hydrogens is 255 g/mol. The van der Waals surface area contributed by atoms with Crippen LogP contribution in [0.2, 0.25) is 0 Å². The van der Waals surface area contributed by atoms with Crippen LogP contribution in [0.5, 0.6) is 0 Å². The Morgan fingerprint density at radius 3 is 2.90 bits per heavy atom. The lowest BCUT2D eigenvalue weighted by molar-refractivity contribution is -0.131. The predicted molar refractivity (Wildman–Crippen MR) is 75.7 cm³/mol. The van der Waals surface area contributed by atoms with Gasteiger partial charge < -0.3 is 10.2 Å². The highest BCUT2D eigenvalue weighted by molar-refractivity contribution is 5.79. The Balaban J connectivity index is 1.73. The summed E-state index contributed by atoms with van der Waals surface area (Å²) in [5.74, 6) is 0.280. The average Bonchev–Trinajstić information content (AvgIpc) is 3.17. The van der Waals surface area contributed by atoms with Gasteiger partial charge in [0.2, 0.25) is 5.91 Å². The maximum absolute atomic E-state index is 13.4. The minimum atomic E-state index is -0.231. The van der Waals surface area contributed by atoms with Crippen molar-refractivity contribution in [1.29, 1.82) is 0 Å². The molecule has 0 bridgehead atoms. The Kier molecular flexibility index (Phi) is 3.74. The van der Waals surface area contributed by atoms with Gasteiger partial charge in [0, 0.05) is 12.6 Å². The molecule has 1 aromatic rings. The molecule has 1 aliphatic carbocycles. The first-order chi connectivity index (χ1) is 9.65. The molecule has 0 unspecified atom stereocenters. The van der Waals surface area contributed by atoms with Gasteiger partial charge in [-0.05, 0) is 42.9 Å². The molecule has 1 aliphatic heterocycles. The van der Waals surface area contributed by atoms with E-state index in [0.29, 0.717) is 18.5 Å². The Labute approximate surface area is 119 Å². The van der Waals surface area contributed by atoms with Gasteiger partial charge in [0.25, 0.3) is 0 Å². The number of amides is 1. The van der Waals surface area contributed by atoms with E-state index in [1.165, 1.54) is 18.9 Å². The molecule has 1 saturated heterocycles. The van der Waals surface area contributed by atoms with Crippen LogP contribution in [0.4, 0.5) is 4.39 Å². The first-order valence-corrected chi connectivity index (χ1v) is 7.43. The van der Waals surface area contributed by atoms with Crippen LogP contribution in [0.15, 0.2) is 24.3 Å². The largest absolute Gasteiger partial charge is 0.334 e. The summed E-state index contributed by atoms with van der Waals surface area (Å²) in [4.78, 5) is 14.3. The first-order valence-electron chi connectivity index (χ1n) is 7.43. The van der Waals surface area contributed by atoms with E-state index >= 15 is 0 Å². The Morgan fingerprint density at radius 1 is 1.40 bits per heavy atom. The number of carbonyl (C=O) groups is 1. The highest BCUT2D eigenvalue weighted by atomic mass is 19.1. The Hall–Kier alpha value is -1.42. The minimum absolute atomic E-state index is 0.0132. The fourth-order valence-electron chi connectivity index (χ4n) is 3.05. The lowest BCUT2D eigenvalue weighted by atomic mass is 9.95. The summed E-state index contributed by atoms with van der Waals surface area (Å²) in [7, 11) is 0. The molecule has 2 aliphatic rings. The van der Waals surface area contributed by atoms with Gasteiger partial charge in [0.05, 0.1) is 12.6 Å². The third-order valence-corrected chi connectivity index (χ3v) is 4.33. The number of hydrogen-bond donors (Lipinski definition) is 1. The predicted octanol–water partition coefficient (Wildman–Crippen LogP) is 2.49. The number of carbonyl (C=O) groups excluding carboxylic acids is 1. The van der Waals surface area contributed by atoms with Gasteiger partial charge in [0.15, 0.2) is 0 Å². The van der Waals surface area contributed by atoms with E-state index < -0.39 is 0 Å². The lowest BCUT2D eigenvalue weighted by Crippen LogP contribution is -2.39. The molecule has 1 saturated carbocycles. The monoisotopic (exact) mass is 276 g/mol. The molecule has 1 aromatic carbocycles. The van der Waals surface area contributed by atoms with E-state index in [1.807, 2.05) is 11.0 Å². The van der Waals surface area contributed by atoms with Crippen LogP contribution in [0.1, 0.15) is 37.8 Å². The fraction of sp³-hybridized carbons (Fsp3) is 0.562. The van der Waals surface area contributed by atoms with E-state index in [1.54, 1.807) is 12.1 Å². The molecule has 108 valence electrons. The molecule has 1 N–H and O–H groups in total. The van der Waals surface area contributed by atoms with E-state index in [2.05, 4.69) is 12.2 Å². The van der Waals surface area contributed by atoms with E-state index in [9.17, 15) is 9.18 Å². The molecule has 3 nitrogen and oxygen atoms in total. The second-order valence-electron chi connectivity index (χ2n) is 6.01. The van der Waals surface area contributed by atoms with Crippen molar-refractivity contribution in [3.8, 4) is 0 Å². The Morgan fingerprint density at radius 2 is 2.20 bits per heavy atom. The minimum Gasteiger partial charge on any atom is -0.334 e. The maximum atomic E-state index is 13.4. The fourth-order valence-corrected chi connectivity index (χ4v) is 3.05. The highest BCUT2D eigenvalue weighted by Crippen LogP contribution is 2.37. The number of hydrogen-bond acceptors (Lipinski definition) is 2. The molecule has 0 spiro atoms. The topological polar surface area (TPSA) is 32.3 Å². The number of nitrogens with one attached hydrogen (secondary N) is 1. The van der Waals surface area contributed by atoms with Crippen molar-refractivity contribution in [3.05, 3.63) is 35.6 Å². The zero-order valence-electron chi connectivity index (χ0n) is 11.8. The van der Waals surface area contributed by atoms with Gasteiger partial charge in [-0.15, -0.1) is 0 Å². The van der Waals surface area contributed by atoms with Crippen LogP contribution in [0, 0.1) is 11.7 Å². The summed E-state index contributed by atoms with van der Waals surface area (Å²) in [6.07, 6.45) is 3.34. The van der Waals surface area contributed by atoms with Gasteiger partial charge in [-0.3, -0.25) is 4.79 Å². The average molecular weight is 276 g/mol. The molecule has 2 fully saturated rings. The van der Waals surface area contributed by atoms with Gasteiger partial charge in [-0.25, -0.2) is 4.39 Å². The SMILES string of the molecule is C[C@@H]1CCN(C(=O)CNC2CC2)[C@@H]1c1cccc(F)c1. The smallest absolute Gasteiger partial charge is 0.237 e. The van der Waals surface area contributed by atoms with Crippen molar-refractivity contribution in [2.24, 2.45) is 5.92 Å². The van der Waals surface area contributed by atoms with Gasteiger partial charge >= 0.3 is 0 Å². The molecule has 1 heterocycles. The molecule has 2 atom stereocenters. The first kappa shape index (κ1) is 13.6. The molecular formula is C16H21FN2O. The second kappa shape index (κ2) is 5.52. The third-order valence-electron chi connectivity index (χ3n) is 4.33. The van der Waals surface area contributed by atoms with Crippen LogP contribution in [0.25, 0.3) is 0 Å². The van der Waals surface area contributed by atoms with Crippen LogP contribution in [-0.2, 0) is 4.79 Å². The van der Waals surface area contributed by atoms with Crippen molar-refractivity contribution >= 4 is 5.91 Å². The van der Waals surface area contributed by atoms with E-state index in [4.69, 9.17) is 0 Å². The number of halogens is 1. The van der Waals surface area contributed by atoms with Crippen LogP contribution in [0.3, 0.4) is 0 Å². The van der Waals surface area contributed by atoms with Gasteiger partial charge in [-0.1, -0.05) is 19.1 Å². The summed E-state index contributed by atoms with van der Waals surface area (Å²) in [6.45, 7) is 3.31. The zero-order chi connectivity index (χ0) is 14.1. The van der Waals surface area contributed by atoms with E-state index in [0.717, 1.165) is 18.5 Å². The molecule has 4 heteroatoms. The molecule has 0 aromatic heterocycles. The summed E-state index contributed by atoms with van der Waals surface area (Å²) in [6, 6.07) is 7.20. The maximum Gasteiger partial charge on any atom is 0.237 e. The molecule has 3 rings (SSSR count). The molecule has 20 heavy (non-hydrogen) atoms. The standard InChI is InChI=1S/C16H21FN2O/c1-11-7-8-19(15(20)10-18-14-5-6-14)16(11)12-3-2-4-13(17)9-12/h2-4,9,11,14,16,18H,5-8,10H2,1H3/t11-,16+/m1/s1. The number of benzene rings is 1. The van der Waals surface area contributed by atoms with Crippen LogP contribution in [-0.4, -0.2) is 29.9 Å². The van der Waals surface area contributed by atoms with Crippen molar-refractivity contribution < 1.29 is 9.18 Å². The quantitative estimate of drug-likeness (QED) is 0.916. The van der Waals surface area contributed by atoms with Crippen LogP contribution < -0.4 is 5.32 Å². The van der Waals surface area contributed by atoms with Gasteiger partial charge in [0.1, 0.15) is 5.82 Å². The molecule has 1 amide bonds. The van der Waals surface area contributed by atoms with Crippen molar-refractivity contribution in [2.75, 3.05) is 13.1 Å². The second-order valence-corrected chi connectivity index (χ2v) is 6.01. The lowest BCUT2D eigenvalue weighted by Gasteiger charge is -2.27. The number of nitrogens with zero attached hydrogens (tertiary/aromatic N) is 1. The summed E-state index contributed by atoms with van der Waals surface area (Å²) in [5.41, 5.74) is 0.912. The summed E-state index contributed by atoms with van der Waals surface area (Å²) >= 11 is 0. The number of likely N-dealkylation sites (tertiary alicyclic amines) is 1. The van der Waals surface area contributed by atoms with Crippen molar-refractivity contribution in [1.82, 2.24) is 10.2 Å². The van der Waals surface area contributed by atoms with Gasteiger partial charge in [-0.2, -0.15) is 0 Å². The van der Waals surface area contributed by atoms with Crippen LogP contribution >= 0.6 is 0 Å². The zero-order valence-corrected chi connectivity index (χ0v) is 11.8.